The second kappa shape index (κ2) is 4.46. The van der Waals surface area contributed by atoms with Crippen molar-refractivity contribution < 1.29 is 4.79 Å². The second-order valence-electron chi connectivity index (χ2n) is 4.52. The first-order valence-corrected chi connectivity index (χ1v) is 6.80. The van der Waals surface area contributed by atoms with Crippen molar-refractivity contribution >= 4 is 28.4 Å². The molecule has 92 valence electrons. The number of hydrogen-bond donors (Lipinski definition) is 0. The molecular formula is C13H13N3OS. The third-order valence-electron chi connectivity index (χ3n) is 3.15. The van der Waals surface area contributed by atoms with Gasteiger partial charge in [0.2, 0.25) is 0 Å². The lowest BCUT2D eigenvalue weighted by Gasteiger charge is -2.19. The van der Waals surface area contributed by atoms with Crippen molar-refractivity contribution in [3.05, 3.63) is 17.3 Å². The van der Waals surface area contributed by atoms with Crippen LogP contribution in [0.25, 0.3) is 4.96 Å². The highest BCUT2D eigenvalue weighted by molar-refractivity contribution is 7.15. The van der Waals surface area contributed by atoms with Crippen molar-refractivity contribution in [1.82, 2.24) is 9.38 Å². The molecule has 3 rings (SSSR count). The lowest BCUT2D eigenvalue weighted by atomic mass is 10.3. The average Bonchev–Trinajstić information content (AvgIpc) is 2.94. The number of anilines is 1. The van der Waals surface area contributed by atoms with E-state index in [-0.39, 0.29) is 0 Å². The molecule has 2 heterocycles. The van der Waals surface area contributed by atoms with Crippen LogP contribution in [-0.2, 0) is 0 Å². The summed E-state index contributed by atoms with van der Waals surface area (Å²) in [6.07, 6.45) is 10.6. The van der Waals surface area contributed by atoms with Crippen LogP contribution in [0.3, 0.4) is 0 Å². The fourth-order valence-electron chi connectivity index (χ4n) is 2.08. The minimum Gasteiger partial charge on any atom is -0.343 e. The minimum atomic E-state index is 0.502. The monoisotopic (exact) mass is 259 g/mol. The first-order chi connectivity index (χ1) is 8.83. The van der Waals surface area contributed by atoms with E-state index in [1.54, 1.807) is 0 Å². The van der Waals surface area contributed by atoms with Gasteiger partial charge in [0.1, 0.15) is 5.69 Å². The summed E-state index contributed by atoms with van der Waals surface area (Å²) in [5.41, 5.74) is 0.599. The molecule has 2 aromatic heterocycles. The van der Waals surface area contributed by atoms with Crippen LogP contribution in [0, 0.1) is 18.3 Å². The first kappa shape index (κ1) is 11.3. The van der Waals surface area contributed by atoms with Gasteiger partial charge in [0.05, 0.1) is 6.54 Å². The van der Waals surface area contributed by atoms with Gasteiger partial charge < -0.3 is 4.90 Å². The Hall–Kier alpha value is -1.80. The molecule has 0 saturated heterocycles. The zero-order chi connectivity index (χ0) is 12.5. The van der Waals surface area contributed by atoms with Crippen LogP contribution in [0.2, 0.25) is 0 Å². The predicted octanol–water partition coefficient (Wildman–Crippen LogP) is 2.06. The summed E-state index contributed by atoms with van der Waals surface area (Å²) < 4.78 is 1.82. The van der Waals surface area contributed by atoms with Crippen molar-refractivity contribution in [2.24, 2.45) is 5.92 Å². The van der Waals surface area contributed by atoms with Gasteiger partial charge in [0, 0.05) is 18.1 Å². The van der Waals surface area contributed by atoms with Gasteiger partial charge in [-0.2, -0.15) is 0 Å². The Balaban J connectivity index is 2.00. The topological polar surface area (TPSA) is 37.6 Å². The molecule has 0 aliphatic heterocycles. The standard InChI is InChI=1S/C13H13N3OS/c1-2-5-15(8-10-3-4-10)12-11(9-17)16-6-7-18-13(16)14-12/h1,6-7,9-10H,3-5,8H2. The highest BCUT2D eigenvalue weighted by Gasteiger charge is 2.27. The number of nitrogens with zero attached hydrogens (tertiary/aromatic N) is 3. The minimum absolute atomic E-state index is 0.502. The predicted molar refractivity (Wildman–Crippen MR) is 72.2 cm³/mol. The zero-order valence-corrected chi connectivity index (χ0v) is 10.7. The Morgan fingerprint density at radius 2 is 2.50 bits per heavy atom. The summed E-state index contributed by atoms with van der Waals surface area (Å²) >= 11 is 1.52. The first-order valence-electron chi connectivity index (χ1n) is 5.92. The van der Waals surface area contributed by atoms with Crippen molar-refractivity contribution in [3.8, 4) is 12.3 Å². The van der Waals surface area contributed by atoms with Crippen LogP contribution in [-0.4, -0.2) is 28.8 Å². The van der Waals surface area contributed by atoms with E-state index in [0.717, 1.165) is 23.6 Å². The van der Waals surface area contributed by atoms with Crippen molar-refractivity contribution in [3.63, 3.8) is 0 Å². The molecular weight excluding hydrogens is 246 g/mol. The van der Waals surface area contributed by atoms with Gasteiger partial charge in [-0.15, -0.1) is 17.8 Å². The highest BCUT2D eigenvalue weighted by Crippen LogP contribution is 2.32. The lowest BCUT2D eigenvalue weighted by molar-refractivity contribution is 0.111. The highest BCUT2D eigenvalue weighted by atomic mass is 32.1. The molecule has 0 amide bonds. The van der Waals surface area contributed by atoms with Crippen LogP contribution in [0.1, 0.15) is 23.3 Å². The number of terminal acetylenes is 1. The fourth-order valence-corrected chi connectivity index (χ4v) is 2.80. The van der Waals surface area contributed by atoms with Crippen LogP contribution in [0.4, 0.5) is 5.82 Å². The summed E-state index contributed by atoms with van der Waals surface area (Å²) in [5.74, 6) is 4.08. The summed E-state index contributed by atoms with van der Waals surface area (Å²) in [5, 5.41) is 1.92. The van der Waals surface area contributed by atoms with E-state index in [2.05, 4.69) is 10.9 Å². The molecule has 0 N–H and O–H groups in total. The average molecular weight is 259 g/mol. The number of imidazole rings is 1. The largest absolute Gasteiger partial charge is 0.343 e. The van der Waals surface area contributed by atoms with E-state index in [0.29, 0.717) is 18.2 Å². The number of carbonyl (C=O) groups is 1. The molecule has 18 heavy (non-hydrogen) atoms. The van der Waals surface area contributed by atoms with Gasteiger partial charge in [-0.3, -0.25) is 9.20 Å². The number of hydrogen-bond acceptors (Lipinski definition) is 4. The van der Waals surface area contributed by atoms with E-state index in [9.17, 15) is 4.79 Å². The lowest BCUT2D eigenvalue weighted by Crippen LogP contribution is -2.27. The molecule has 4 nitrogen and oxygen atoms in total. The Kier molecular flexibility index (Phi) is 2.80. The zero-order valence-electron chi connectivity index (χ0n) is 9.87. The quantitative estimate of drug-likeness (QED) is 0.609. The van der Waals surface area contributed by atoms with Crippen LogP contribution >= 0.6 is 11.3 Å². The van der Waals surface area contributed by atoms with Gasteiger partial charge in [-0.05, 0) is 18.8 Å². The van der Waals surface area contributed by atoms with Gasteiger partial charge in [-0.1, -0.05) is 5.92 Å². The normalized spacial score (nSPS) is 14.6. The van der Waals surface area contributed by atoms with Crippen molar-refractivity contribution in [2.45, 2.75) is 12.8 Å². The van der Waals surface area contributed by atoms with E-state index >= 15 is 0 Å². The van der Waals surface area contributed by atoms with Crippen LogP contribution in [0.5, 0.6) is 0 Å². The smallest absolute Gasteiger partial charge is 0.196 e. The number of fused-ring (bicyclic) bond motifs is 1. The molecule has 1 aliphatic rings. The summed E-state index contributed by atoms with van der Waals surface area (Å²) in [6.45, 7) is 1.40. The molecule has 0 spiro atoms. The van der Waals surface area contributed by atoms with Gasteiger partial charge in [0.15, 0.2) is 17.1 Å². The summed E-state index contributed by atoms with van der Waals surface area (Å²) in [7, 11) is 0. The number of thiazole rings is 1. The maximum atomic E-state index is 11.3. The molecule has 0 bridgehead atoms. The fraction of sp³-hybridized carbons (Fsp3) is 0.385. The number of carbonyl (C=O) groups excluding carboxylic acids is 1. The molecule has 0 radical (unpaired) electrons. The molecule has 0 atom stereocenters. The molecule has 0 aromatic carbocycles. The van der Waals surface area contributed by atoms with E-state index in [1.165, 1.54) is 24.2 Å². The second-order valence-corrected chi connectivity index (χ2v) is 5.40. The van der Waals surface area contributed by atoms with Crippen LogP contribution in [0.15, 0.2) is 11.6 Å². The number of aromatic nitrogens is 2. The Morgan fingerprint density at radius 1 is 1.67 bits per heavy atom. The third-order valence-corrected chi connectivity index (χ3v) is 3.91. The van der Waals surface area contributed by atoms with E-state index in [4.69, 9.17) is 6.42 Å². The SMILES string of the molecule is C#CCN(CC1CC1)c1nc2sccn2c1C=O. The Morgan fingerprint density at radius 3 is 3.17 bits per heavy atom. The molecule has 1 saturated carbocycles. The Bertz CT molecular complexity index is 618. The molecule has 2 aromatic rings. The molecule has 1 fully saturated rings. The van der Waals surface area contributed by atoms with Gasteiger partial charge in [0.25, 0.3) is 0 Å². The van der Waals surface area contributed by atoms with E-state index in [1.807, 2.05) is 20.9 Å². The van der Waals surface area contributed by atoms with Crippen LogP contribution < -0.4 is 4.90 Å². The molecule has 1 aliphatic carbocycles. The maximum absolute atomic E-state index is 11.3. The summed E-state index contributed by atoms with van der Waals surface area (Å²) in [6, 6.07) is 0. The van der Waals surface area contributed by atoms with Gasteiger partial charge in [-0.25, -0.2) is 4.98 Å². The third kappa shape index (κ3) is 1.89. The maximum Gasteiger partial charge on any atom is 0.196 e. The van der Waals surface area contributed by atoms with E-state index < -0.39 is 0 Å². The molecule has 5 heteroatoms. The number of aldehydes is 1. The van der Waals surface area contributed by atoms with Crippen molar-refractivity contribution in [1.29, 1.82) is 0 Å². The van der Waals surface area contributed by atoms with Crippen molar-refractivity contribution in [2.75, 3.05) is 18.0 Å². The molecule has 0 unspecified atom stereocenters. The number of rotatable bonds is 5. The Labute approximate surface area is 109 Å². The van der Waals surface area contributed by atoms with Gasteiger partial charge >= 0.3 is 0 Å². The summed E-state index contributed by atoms with van der Waals surface area (Å²) in [4.78, 5) is 18.7.